The molecule has 0 aliphatic heterocycles. The van der Waals surface area contributed by atoms with Crippen molar-refractivity contribution >= 4 is 16.7 Å². The lowest BCUT2D eigenvalue weighted by Gasteiger charge is -2.07. The quantitative estimate of drug-likeness (QED) is 0.743. The molecule has 0 amide bonds. The Morgan fingerprint density at radius 2 is 1.74 bits per heavy atom. The molecule has 3 aromatic rings. The topological polar surface area (TPSA) is 38.9 Å². The molecule has 0 unspecified atom stereocenters. The molecule has 2 nitrogen and oxygen atoms in total. The molecule has 0 spiro atoms. The maximum Gasteiger partial charge on any atom is 0.127 e. The van der Waals surface area contributed by atoms with Crippen molar-refractivity contribution in [3.05, 3.63) is 60.2 Å². The van der Waals surface area contributed by atoms with E-state index in [0.717, 1.165) is 22.9 Å². The maximum absolute atomic E-state index is 5.94. The molecule has 0 aliphatic carbocycles. The Morgan fingerprint density at radius 3 is 2.47 bits per heavy atom. The standard InChI is InChI=1S/C17H16N2/c1-2-12-10-15-11-14(13-6-4-3-5-7-13)8-9-16(15)19-17(12)18/h3-11H,2H2,1H3,(H2,18,19). The van der Waals surface area contributed by atoms with Gasteiger partial charge in [0, 0.05) is 5.39 Å². The van der Waals surface area contributed by atoms with E-state index in [0.29, 0.717) is 5.82 Å². The summed E-state index contributed by atoms with van der Waals surface area (Å²) in [5.41, 5.74) is 10.4. The van der Waals surface area contributed by atoms with Gasteiger partial charge in [0.1, 0.15) is 5.82 Å². The van der Waals surface area contributed by atoms with Crippen molar-refractivity contribution in [2.24, 2.45) is 0 Å². The van der Waals surface area contributed by atoms with Crippen LogP contribution >= 0.6 is 0 Å². The Kier molecular flexibility index (Phi) is 2.92. The van der Waals surface area contributed by atoms with Gasteiger partial charge in [-0.3, -0.25) is 0 Å². The van der Waals surface area contributed by atoms with E-state index >= 15 is 0 Å². The number of anilines is 1. The molecule has 1 heterocycles. The number of aryl methyl sites for hydroxylation is 1. The van der Waals surface area contributed by atoms with Gasteiger partial charge in [-0.1, -0.05) is 43.3 Å². The summed E-state index contributed by atoms with van der Waals surface area (Å²) in [6.45, 7) is 2.10. The lowest BCUT2D eigenvalue weighted by atomic mass is 10.0. The summed E-state index contributed by atoms with van der Waals surface area (Å²) in [4.78, 5) is 4.46. The van der Waals surface area contributed by atoms with E-state index in [2.05, 4.69) is 54.4 Å². The van der Waals surface area contributed by atoms with Gasteiger partial charge in [0.2, 0.25) is 0 Å². The van der Waals surface area contributed by atoms with Crippen LogP contribution in [0.4, 0.5) is 5.82 Å². The Hall–Kier alpha value is -2.35. The third-order valence-corrected chi connectivity index (χ3v) is 3.42. The lowest BCUT2D eigenvalue weighted by Crippen LogP contribution is -1.97. The van der Waals surface area contributed by atoms with E-state index in [1.807, 2.05) is 12.1 Å². The number of aromatic nitrogens is 1. The summed E-state index contributed by atoms with van der Waals surface area (Å²) in [6, 6.07) is 18.8. The van der Waals surface area contributed by atoms with Crippen molar-refractivity contribution in [3.63, 3.8) is 0 Å². The molecule has 94 valence electrons. The second kappa shape index (κ2) is 4.73. The Labute approximate surface area is 112 Å². The van der Waals surface area contributed by atoms with Crippen molar-refractivity contribution in [1.82, 2.24) is 4.98 Å². The van der Waals surface area contributed by atoms with Gasteiger partial charge in [0.05, 0.1) is 5.52 Å². The number of nitrogen functional groups attached to an aromatic ring is 1. The van der Waals surface area contributed by atoms with Crippen LogP contribution in [-0.4, -0.2) is 4.98 Å². The van der Waals surface area contributed by atoms with Crippen molar-refractivity contribution in [3.8, 4) is 11.1 Å². The maximum atomic E-state index is 5.94. The highest BCUT2D eigenvalue weighted by atomic mass is 14.8. The van der Waals surface area contributed by atoms with Crippen LogP contribution in [0.5, 0.6) is 0 Å². The first-order chi connectivity index (χ1) is 9.28. The van der Waals surface area contributed by atoms with Crippen LogP contribution in [0, 0.1) is 0 Å². The van der Waals surface area contributed by atoms with E-state index < -0.39 is 0 Å². The molecule has 0 fully saturated rings. The van der Waals surface area contributed by atoms with Crippen molar-refractivity contribution in [2.75, 3.05) is 5.73 Å². The zero-order valence-corrected chi connectivity index (χ0v) is 10.9. The number of nitrogens with two attached hydrogens (primary N) is 1. The summed E-state index contributed by atoms with van der Waals surface area (Å²) in [7, 11) is 0. The van der Waals surface area contributed by atoms with Crippen LogP contribution in [0.25, 0.3) is 22.0 Å². The molecule has 0 bridgehead atoms. The van der Waals surface area contributed by atoms with Crippen LogP contribution in [0.2, 0.25) is 0 Å². The zero-order chi connectivity index (χ0) is 13.2. The van der Waals surface area contributed by atoms with Gasteiger partial charge < -0.3 is 5.73 Å². The first-order valence-corrected chi connectivity index (χ1v) is 6.52. The van der Waals surface area contributed by atoms with Gasteiger partial charge in [0.25, 0.3) is 0 Å². The summed E-state index contributed by atoms with van der Waals surface area (Å²) < 4.78 is 0. The number of fused-ring (bicyclic) bond motifs is 1. The minimum Gasteiger partial charge on any atom is -0.383 e. The molecule has 2 N–H and O–H groups in total. The number of benzene rings is 2. The van der Waals surface area contributed by atoms with Gasteiger partial charge >= 0.3 is 0 Å². The Bertz CT molecular complexity index is 718. The van der Waals surface area contributed by atoms with Crippen molar-refractivity contribution < 1.29 is 0 Å². The second-order valence-electron chi connectivity index (χ2n) is 4.66. The fourth-order valence-corrected chi connectivity index (χ4v) is 2.33. The monoisotopic (exact) mass is 248 g/mol. The molecule has 3 rings (SSSR count). The van der Waals surface area contributed by atoms with Gasteiger partial charge in [0.15, 0.2) is 0 Å². The van der Waals surface area contributed by atoms with E-state index in [1.54, 1.807) is 0 Å². The molecule has 2 aromatic carbocycles. The smallest absolute Gasteiger partial charge is 0.127 e. The van der Waals surface area contributed by atoms with E-state index in [9.17, 15) is 0 Å². The van der Waals surface area contributed by atoms with Gasteiger partial charge in [-0.15, -0.1) is 0 Å². The van der Waals surface area contributed by atoms with E-state index in [4.69, 9.17) is 5.73 Å². The molecule has 0 radical (unpaired) electrons. The number of nitrogens with zero attached hydrogens (tertiary/aromatic N) is 1. The normalized spacial score (nSPS) is 10.8. The summed E-state index contributed by atoms with van der Waals surface area (Å²) in [6.07, 6.45) is 0.907. The molecule has 0 aliphatic rings. The third kappa shape index (κ3) is 2.17. The Balaban J connectivity index is 2.18. The van der Waals surface area contributed by atoms with Crippen LogP contribution in [0.1, 0.15) is 12.5 Å². The molecule has 0 atom stereocenters. The summed E-state index contributed by atoms with van der Waals surface area (Å²) in [5.74, 6) is 0.641. The largest absolute Gasteiger partial charge is 0.383 e. The fourth-order valence-electron chi connectivity index (χ4n) is 2.33. The summed E-state index contributed by atoms with van der Waals surface area (Å²) >= 11 is 0. The molecule has 0 saturated carbocycles. The van der Waals surface area contributed by atoms with E-state index in [1.165, 1.54) is 11.1 Å². The summed E-state index contributed by atoms with van der Waals surface area (Å²) in [5, 5.41) is 1.15. The number of rotatable bonds is 2. The fraction of sp³-hybridized carbons (Fsp3) is 0.118. The molecular weight excluding hydrogens is 232 g/mol. The highest BCUT2D eigenvalue weighted by molar-refractivity contribution is 5.86. The number of hydrogen-bond acceptors (Lipinski definition) is 2. The minimum atomic E-state index is 0.641. The molecule has 1 aromatic heterocycles. The van der Waals surface area contributed by atoms with Crippen LogP contribution in [0.3, 0.4) is 0 Å². The van der Waals surface area contributed by atoms with Crippen molar-refractivity contribution in [1.29, 1.82) is 0 Å². The first kappa shape index (κ1) is 11.7. The third-order valence-electron chi connectivity index (χ3n) is 3.42. The highest BCUT2D eigenvalue weighted by Gasteiger charge is 2.04. The average Bonchev–Trinajstić information content (AvgIpc) is 2.47. The van der Waals surface area contributed by atoms with Crippen LogP contribution < -0.4 is 5.73 Å². The second-order valence-corrected chi connectivity index (χ2v) is 4.66. The number of hydrogen-bond donors (Lipinski definition) is 1. The first-order valence-electron chi connectivity index (χ1n) is 6.52. The Morgan fingerprint density at radius 1 is 0.947 bits per heavy atom. The van der Waals surface area contributed by atoms with Crippen LogP contribution in [0.15, 0.2) is 54.6 Å². The minimum absolute atomic E-state index is 0.641. The van der Waals surface area contributed by atoms with Gasteiger partial charge in [-0.05, 0) is 41.3 Å². The predicted molar refractivity (Wildman–Crippen MR) is 81.0 cm³/mol. The highest BCUT2D eigenvalue weighted by Crippen LogP contribution is 2.25. The molecule has 19 heavy (non-hydrogen) atoms. The number of pyridine rings is 1. The molecular formula is C17H16N2. The molecule has 0 saturated heterocycles. The SMILES string of the molecule is CCc1cc2cc(-c3ccccc3)ccc2nc1N. The lowest BCUT2D eigenvalue weighted by molar-refractivity contribution is 1.13. The van der Waals surface area contributed by atoms with Crippen molar-refractivity contribution in [2.45, 2.75) is 13.3 Å². The molecule has 2 heteroatoms. The van der Waals surface area contributed by atoms with Gasteiger partial charge in [-0.2, -0.15) is 0 Å². The van der Waals surface area contributed by atoms with E-state index in [-0.39, 0.29) is 0 Å². The zero-order valence-electron chi connectivity index (χ0n) is 10.9. The van der Waals surface area contributed by atoms with Gasteiger partial charge in [-0.25, -0.2) is 4.98 Å². The average molecular weight is 248 g/mol. The van der Waals surface area contributed by atoms with Crippen LogP contribution in [-0.2, 0) is 6.42 Å². The predicted octanol–water partition coefficient (Wildman–Crippen LogP) is 4.05.